The summed E-state index contributed by atoms with van der Waals surface area (Å²) in [6.07, 6.45) is 1.87. The van der Waals surface area contributed by atoms with Crippen molar-refractivity contribution in [2.24, 2.45) is 20.0 Å². The number of para-hydroxylation sites is 1. The van der Waals surface area contributed by atoms with Crippen LogP contribution in [-0.4, -0.2) is 47.5 Å². The molecule has 3 heterocycles. The SMILES string of the molecule is Cn1cc(C(O)C2CCN(c3nnnn3-c3ccccc3)CC2)c(=O)n(C)c1=O. The highest BCUT2D eigenvalue weighted by Gasteiger charge is 2.30. The molecule has 4 rings (SSSR count). The van der Waals surface area contributed by atoms with Crippen LogP contribution in [-0.2, 0) is 14.1 Å². The first-order chi connectivity index (χ1) is 14.0. The minimum absolute atomic E-state index is 0.0856. The Morgan fingerprint density at radius 2 is 1.79 bits per heavy atom. The number of benzene rings is 1. The minimum Gasteiger partial charge on any atom is -0.388 e. The van der Waals surface area contributed by atoms with E-state index in [4.69, 9.17) is 0 Å². The lowest BCUT2D eigenvalue weighted by atomic mass is 9.88. The lowest BCUT2D eigenvalue weighted by molar-refractivity contribution is 0.0902. The fourth-order valence-electron chi connectivity index (χ4n) is 3.82. The number of tetrazole rings is 1. The molecule has 1 saturated heterocycles. The molecule has 1 aromatic carbocycles. The van der Waals surface area contributed by atoms with Gasteiger partial charge in [0.15, 0.2) is 0 Å². The van der Waals surface area contributed by atoms with E-state index in [0.29, 0.717) is 31.9 Å². The smallest absolute Gasteiger partial charge is 0.330 e. The highest BCUT2D eigenvalue weighted by atomic mass is 16.3. The molecule has 29 heavy (non-hydrogen) atoms. The van der Waals surface area contributed by atoms with Gasteiger partial charge in [-0.25, -0.2) is 4.79 Å². The highest BCUT2D eigenvalue weighted by molar-refractivity contribution is 5.40. The van der Waals surface area contributed by atoms with Crippen molar-refractivity contribution < 1.29 is 5.11 Å². The number of nitrogens with zero attached hydrogens (tertiary/aromatic N) is 7. The van der Waals surface area contributed by atoms with Gasteiger partial charge >= 0.3 is 5.69 Å². The second kappa shape index (κ2) is 7.63. The zero-order chi connectivity index (χ0) is 20.5. The standard InChI is InChI=1S/C19H23N7O3/c1-23-12-15(17(28)24(2)19(23)29)16(27)13-8-10-25(11-9-13)18-20-21-22-26(18)14-6-4-3-5-7-14/h3-7,12-13,16,27H,8-11H2,1-2H3. The average molecular weight is 397 g/mol. The van der Waals surface area contributed by atoms with Gasteiger partial charge in [0.2, 0.25) is 5.95 Å². The summed E-state index contributed by atoms with van der Waals surface area (Å²) in [5.41, 5.74) is 0.273. The van der Waals surface area contributed by atoms with Gasteiger partial charge in [0.25, 0.3) is 5.56 Å². The molecule has 0 saturated carbocycles. The first-order valence-electron chi connectivity index (χ1n) is 9.50. The quantitative estimate of drug-likeness (QED) is 0.660. The summed E-state index contributed by atoms with van der Waals surface area (Å²) in [7, 11) is 3.00. The van der Waals surface area contributed by atoms with Gasteiger partial charge in [-0.15, -0.1) is 0 Å². The number of anilines is 1. The molecule has 1 N–H and O–H groups in total. The molecule has 0 aliphatic carbocycles. The molecule has 10 nitrogen and oxygen atoms in total. The summed E-state index contributed by atoms with van der Waals surface area (Å²) in [6, 6.07) is 9.66. The van der Waals surface area contributed by atoms with Crippen LogP contribution in [0, 0.1) is 5.92 Å². The van der Waals surface area contributed by atoms with Crippen molar-refractivity contribution in [3.63, 3.8) is 0 Å². The van der Waals surface area contributed by atoms with Gasteiger partial charge in [-0.2, -0.15) is 4.68 Å². The van der Waals surface area contributed by atoms with Gasteiger partial charge in [-0.1, -0.05) is 23.3 Å². The Bertz CT molecular complexity index is 1110. The molecular weight excluding hydrogens is 374 g/mol. The van der Waals surface area contributed by atoms with Crippen LogP contribution in [0.3, 0.4) is 0 Å². The van der Waals surface area contributed by atoms with Crippen molar-refractivity contribution in [3.05, 3.63) is 62.9 Å². The van der Waals surface area contributed by atoms with Crippen LogP contribution in [0.15, 0.2) is 46.1 Å². The van der Waals surface area contributed by atoms with Gasteiger partial charge < -0.3 is 14.6 Å². The third-order valence-electron chi connectivity index (χ3n) is 5.51. The van der Waals surface area contributed by atoms with Gasteiger partial charge in [0, 0.05) is 33.4 Å². The van der Waals surface area contributed by atoms with Crippen molar-refractivity contribution >= 4 is 5.95 Å². The topological polar surface area (TPSA) is 111 Å². The molecule has 1 unspecified atom stereocenters. The third-order valence-corrected chi connectivity index (χ3v) is 5.51. The van der Waals surface area contributed by atoms with Crippen molar-refractivity contribution in [3.8, 4) is 5.69 Å². The fraction of sp³-hybridized carbons (Fsp3) is 0.421. The second-order valence-electron chi connectivity index (χ2n) is 7.34. The lowest BCUT2D eigenvalue weighted by Crippen LogP contribution is -2.42. The van der Waals surface area contributed by atoms with E-state index in [1.807, 2.05) is 30.3 Å². The van der Waals surface area contributed by atoms with Crippen LogP contribution in [0.2, 0.25) is 0 Å². The van der Waals surface area contributed by atoms with E-state index < -0.39 is 17.4 Å². The molecule has 1 fully saturated rings. The largest absolute Gasteiger partial charge is 0.388 e. The normalized spacial score (nSPS) is 16.2. The van der Waals surface area contributed by atoms with Crippen LogP contribution >= 0.6 is 0 Å². The molecule has 1 atom stereocenters. The Morgan fingerprint density at radius 3 is 2.48 bits per heavy atom. The van der Waals surface area contributed by atoms with E-state index in [9.17, 15) is 14.7 Å². The first kappa shape index (κ1) is 19.1. The number of aryl methyl sites for hydroxylation is 1. The summed E-state index contributed by atoms with van der Waals surface area (Å²) >= 11 is 0. The summed E-state index contributed by atoms with van der Waals surface area (Å²) in [6.45, 7) is 1.31. The van der Waals surface area contributed by atoms with Crippen molar-refractivity contribution in [1.29, 1.82) is 0 Å². The molecule has 152 valence electrons. The zero-order valence-corrected chi connectivity index (χ0v) is 16.3. The number of aliphatic hydroxyl groups is 1. The predicted molar refractivity (Wildman–Crippen MR) is 106 cm³/mol. The summed E-state index contributed by atoms with van der Waals surface area (Å²) in [5, 5.41) is 22.9. The maximum absolute atomic E-state index is 12.4. The van der Waals surface area contributed by atoms with Gasteiger partial charge in [0.1, 0.15) is 0 Å². The number of aliphatic hydroxyl groups excluding tert-OH is 1. The van der Waals surface area contributed by atoms with Gasteiger partial charge in [-0.05, 0) is 41.3 Å². The van der Waals surface area contributed by atoms with Crippen LogP contribution in [0.25, 0.3) is 5.69 Å². The van der Waals surface area contributed by atoms with E-state index in [-0.39, 0.29) is 11.5 Å². The molecule has 1 aliphatic rings. The lowest BCUT2D eigenvalue weighted by Gasteiger charge is -2.34. The molecule has 2 aromatic heterocycles. The Balaban J connectivity index is 1.51. The van der Waals surface area contributed by atoms with E-state index in [0.717, 1.165) is 10.3 Å². The number of hydrogen-bond acceptors (Lipinski definition) is 7. The van der Waals surface area contributed by atoms with Crippen LogP contribution < -0.4 is 16.1 Å². The van der Waals surface area contributed by atoms with Crippen LogP contribution in [0.1, 0.15) is 24.5 Å². The molecular formula is C19H23N7O3. The molecule has 3 aromatic rings. The molecule has 0 spiro atoms. The Labute approximate surface area is 166 Å². The average Bonchev–Trinajstić information content (AvgIpc) is 3.25. The molecule has 0 amide bonds. The highest BCUT2D eigenvalue weighted by Crippen LogP contribution is 2.30. The Morgan fingerprint density at radius 1 is 1.10 bits per heavy atom. The van der Waals surface area contributed by atoms with Crippen LogP contribution in [0.4, 0.5) is 5.95 Å². The van der Waals surface area contributed by atoms with E-state index in [2.05, 4.69) is 20.4 Å². The number of aromatic nitrogens is 6. The molecule has 0 radical (unpaired) electrons. The van der Waals surface area contributed by atoms with E-state index in [1.165, 1.54) is 17.8 Å². The van der Waals surface area contributed by atoms with E-state index in [1.54, 1.807) is 11.7 Å². The minimum atomic E-state index is -0.923. The van der Waals surface area contributed by atoms with Gasteiger partial charge in [-0.3, -0.25) is 9.36 Å². The van der Waals surface area contributed by atoms with E-state index >= 15 is 0 Å². The monoisotopic (exact) mass is 397 g/mol. The molecule has 1 aliphatic heterocycles. The molecule has 10 heteroatoms. The first-order valence-corrected chi connectivity index (χ1v) is 9.50. The summed E-state index contributed by atoms with van der Waals surface area (Å²) in [5.74, 6) is 0.569. The Kier molecular flexibility index (Phi) is 5.01. The predicted octanol–water partition coefficient (Wildman–Crippen LogP) is 0.00970. The number of rotatable bonds is 4. The molecule has 0 bridgehead atoms. The fourth-order valence-corrected chi connectivity index (χ4v) is 3.82. The van der Waals surface area contributed by atoms with Crippen molar-refractivity contribution in [2.45, 2.75) is 18.9 Å². The third kappa shape index (κ3) is 3.46. The van der Waals surface area contributed by atoms with Crippen LogP contribution in [0.5, 0.6) is 0 Å². The maximum atomic E-state index is 12.4. The Hall–Kier alpha value is -3.27. The zero-order valence-electron chi connectivity index (χ0n) is 16.3. The van der Waals surface area contributed by atoms with Crippen molar-refractivity contribution in [2.75, 3.05) is 18.0 Å². The summed E-state index contributed by atoms with van der Waals surface area (Å²) in [4.78, 5) is 26.4. The number of piperidine rings is 1. The number of hydrogen-bond donors (Lipinski definition) is 1. The summed E-state index contributed by atoms with van der Waals surface area (Å²) < 4.78 is 4.05. The maximum Gasteiger partial charge on any atom is 0.330 e. The van der Waals surface area contributed by atoms with Gasteiger partial charge in [0.05, 0.1) is 17.4 Å². The van der Waals surface area contributed by atoms with Crippen molar-refractivity contribution in [1.82, 2.24) is 29.3 Å². The second-order valence-corrected chi connectivity index (χ2v) is 7.34.